The van der Waals surface area contributed by atoms with Gasteiger partial charge in [-0.25, -0.2) is 9.97 Å². The van der Waals surface area contributed by atoms with Crippen molar-refractivity contribution in [3.8, 4) is 0 Å². The van der Waals surface area contributed by atoms with Crippen molar-refractivity contribution < 1.29 is 5.11 Å². The second kappa shape index (κ2) is 5.75. The Morgan fingerprint density at radius 1 is 1.37 bits per heavy atom. The first kappa shape index (κ1) is 14.7. The molecule has 1 saturated heterocycles. The van der Waals surface area contributed by atoms with E-state index >= 15 is 0 Å². The van der Waals surface area contributed by atoms with Crippen LogP contribution in [0.2, 0.25) is 0 Å². The molecule has 2 heterocycles. The molecule has 0 spiro atoms. The van der Waals surface area contributed by atoms with Crippen LogP contribution in [0.15, 0.2) is 16.9 Å². The summed E-state index contributed by atoms with van der Waals surface area (Å²) < 4.78 is 0.876. The van der Waals surface area contributed by atoms with Crippen molar-refractivity contribution in [2.45, 2.75) is 39.7 Å². The van der Waals surface area contributed by atoms with Gasteiger partial charge >= 0.3 is 0 Å². The molecule has 2 rings (SSSR count). The standard InChI is InChI=1S/C14H22BrN3O/c1-14(2,3)10-4-5-18(12(6-10)9-19)13-16-7-11(15)8-17-13/h7-8,10,12,19H,4-6,9H2,1-3H3/t10-,12+/m1/s1. The molecule has 1 fully saturated rings. The van der Waals surface area contributed by atoms with Crippen LogP contribution in [-0.2, 0) is 0 Å². The molecule has 0 amide bonds. The molecule has 19 heavy (non-hydrogen) atoms. The molecule has 0 unspecified atom stereocenters. The zero-order chi connectivity index (χ0) is 14.0. The molecular weight excluding hydrogens is 306 g/mol. The summed E-state index contributed by atoms with van der Waals surface area (Å²) in [6, 6.07) is 0.124. The zero-order valence-corrected chi connectivity index (χ0v) is 13.4. The predicted molar refractivity (Wildman–Crippen MR) is 80.1 cm³/mol. The van der Waals surface area contributed by atoms with E-state index < -0.39 is 0 Å². The van der Waals surface area contributed by atoms with Crippen molar-refractivity contribution in [3.63, 3.8) is 0 Å². The van der Waals surface area contributed by atoms with Crippen LogP contribution in [0.4, 0.5) is 5.95 Å². The fourth-order valence-corrected chi connectivity index (χ4v) is 2.93. The van der Waals surface area contributed by atoms with Crippen molar-refractivity contribution in [3.05, 3.63) is 16.9 Å². The Hall–Kier alpha value is -0.680. The van der Waals surface area contributed by atoms with Crippen LogP contribution in [0.25, 0.3) is 0 Å². The van der Waals surface area contributed by atoms with Crippen molar-refractivity contribution in [2.75, 3.05) is 18.1 Å². The van der Waals surface area contributed by atoms with Gasteiger partial charge < -0.3 is 10.0 Å². The van der Waals surface area contributed by atoms with Gasteiger partial charge in [0.05, 0.1) is 17.1 Å². The lowest BCUT2D eigenvalue weighted by atomic mass is 9.73. The third-order valence-electron chi connectivity index (χ3n) is 4.01. The fourth-order valence-electron chi connectivity index (χ4n) is 2.73. The number of aromatic nitrogens is 2. The van der Waals surface area contributed by atoms with E-state index in [4.69, 9.17) is 0 Å². The minimum Gasteiger partial charge on any atom is -0.394 e. The molecule has 0 bridgehead atoms. The molecule has 106 valence electrons. The van der Waals surface area contributed by atoms with Crippen LogP contribution >= 0.6 is 15.9 Å². The summed E-state index contributed by atoms with van der Waals surface area (Å²) in [5, 5.41) is 9.65. The van der Waals surface area contributed by atoms with Crippen molar-refractivity contribution >= 4 is 21.9 Å². The van der Waals surface area contributed by atoms with E-state index in [0.717, 1.165) is 29.8 Å². The monoisotopic (exact) mass is 327 g/mol. The normalized spacial score (nSPS) is 24.6. The molecule has 1 aromatic rings. The van der Waals surface area contributed by atoms with Crippen molar-refractivity contribution in [1.29, 1.82) is 0 Å². The maximum absolute atomic E-state index is 9.65. The topological polar surface area (TPSA) is 49.2 Å². The minimum absolute atomic E-state index is 0.124. The van der Waals surface area contributed by atoms with Gasteiger partial charge in [-0.2, -0.15) is 0 Å². The van der Waals surface area contributed by atoms with Crippen molar-refractivity contribution in [2.24, 2.45) is 11.3 Å². The third-order valence-corrected chi connectivity index (χ3v) is 4.42. The summed E-state index contributed by atoms with van der Waals surface area (Å²) in [5.74, 6) is 1.35. The van der Waals surface area contributed by atoms with Gasteiger partial charge in [0.1, 0.15) is 0 Å². The van der Waals surface area contributed by atoms with E-state index in [1.165, 1.54) is 0 Å². The highest BCUT2D eigenvalue weighted by Crippen LogP contribution is 2.37. The van der Waals surface area contributed by atoms with Gasteiger partial charge in [0.25, 0.3) is 0 Å². The maximum atomic E-state index is 9.65. The Kier molecular flexibility index (Phi) is 4.46. The second-order valence-corrected chi connectivity index (χ2v) is 7.23. The Labute approximate surface area is 123 Å². The van der Waals surface area contributed by atoms with E-state index in [0.29, 0.717) is 11.3 Å². The number of aliphatic hydroxyl groups is 1. The average Bonchev–Trinajstić information content (AvgIpc) is 2.38. The lowest BCUT2D eigenvalue weighted by Crippen LogP contribution is -2.48. The molecular formula is C14H22BrN3O. The van der Waals surface area contributed by atoms with E-state index in [9.17, 15) is 5.11 Å². The number of piperidine rings is 1. The molecule has 0 saturated carbocycles. The summed E-state index contributed by atoms with van der Waals surface area (Å²) in [5.41, 5.74) is 0.292. The van der Waals surface area contributed by atoms with Crippen LogP contribution in [0.3, 0.4) is 0 Å². The molecule has 5 heteroatoms. The summed E-state index contributed by atoms with van der Waals surface area (Å²) in [4.78, 5) is 10.8. The van der Waals surface area contributed by atoms with E-state index in [1.54, 1.807) is 12.4 Å². The first-order valence-corrected chi connectivity index (χ1v) is 7.56. The highest BCUT2D eigenvalue weighted by molar-refractivity contribution is 9.10. The molecule has 0 aliphatic carbocycles. The smallest absolute Gasteiger partial charge is 0.225 e. The number of aliphatic hydroxyl groups excluding tert-OH is 1. The molecule has 0 radical (unpaired) electrons. The SMILES string of the molecule is CC(C)(C)[C@@H]1CCN(c2ncc(Br)cn2)[C@H](CO)C1. The fraction of sp³-hybridized carbons (Fsp3) is 0.714. The maximum Gasteiger partial charge on any atom is 0.225 e. The van der Waals surface area contributed by atoms with Gasteiger partial charge in [-0.15, -0.1) is 0 Å². The summed E-state index contributed by atoms with van der Waals surface area (Å²) in [6.45, 7) is 7.90. The molecule has 1 aliphatic heterocycles. The van der Waals surface area contributed by atoms with Gasteiger partial charge in [0.2, 0.25) is 5.95 Å². The summed E-state index contributed by atoms with van der Waals surface area (Å²) in [6.07, 6.45) is 5.64. The van der Waals surface area contributed by atoms with Gasteiger partial charge in [-0.05, 0) is 40.1 Å². The molecule has 1 N–H and O–H groups in total. The lowest BCUT2D eigenvalue weighted by molar-refractivity contribution is 0.144. The van der Waals surface area contributed by atoms with Gasteiger partial charge in [0.15, 0.2) is 0 Å². The average molecular weight is 328 g/mol. The Bertz CT molecular complexity index is 416. The third kappa shape index (κ3) is 3.45. The molecule has 2 atom stereocenters. The Morgan fingerprint density at radius 2 is 2.00 bits per heavy atom. The summed E-state index contributed by atoms with van der Waals surface area (Å²) in [7, 11) is 0. The van der Waals surface area contributed by atoms with Crippen molar-refractivity contribution in [1.82, 2.24) is 9.97 Å². The quantitative estimate of drug-likeness (QED) is 0.907. The van der Waals surface area contributed by atoms with Crippen LogP contribution in [0.1, 0.15) is 33.6 Å². The van der Waals surface area contributed by atoms with E-state index in [-0.39, 0.29) is 12.6 Å². The highest BCUT2D eigenvalue weighted by atomic mass is 79.9. The molecule has 1 aromatic heterocycles. The molecule has 0 aromatic carbocycles. The Balaban J connectivity index is 2.13. The lowest BCUT2D eigenvalue weighted by Gasteiger charge is -2.43. The predicted octanol–water partition coefficient (Wildman–Crippen LogP) is 2.86. The van der Waals surface area contributed by atoms with E-state index in [2.05, 4.69) is 51.6 Å². The van der Waals surface area contributed by atoms with Crippen LogP contribution in [0, 0.1) is 11.3 Å². The first-order chi connectivity index (χ1) is 8.91. The Morgan fingerprint density at radius 3 is 2.53 bits per heavy atom. The number of rotatable bonds is 2. The number of nitrogens with zero attached hydrogens (tertiary/aromatic N) is 3. The summed E-state index contributed by atoms with van der Waals surface area (Å²) >= 11 is 3.34. The highest BCUT2D eigenvalue weighted by Gasteiger charge is 2.35. The largest absolute Gasteiger partial charge is 0.394 e. The molecule has 1 aliphatic rings. The zero-order valence-electron chi connectivity index (χ0n) is 11.8. The minimum atomic E-state index is 0.124. The molecule has 4 nitrogen and oxygen atoms in total. The van der Waals surface area contributed by atoms with E-state index in [1.807, 2.05) is 0 Å². The van der Waals surface area contributed by atoms with Crippen LogP contribution in [0.5, 0.6) is 0 Å². The van der Waals surface area contributed by atoms with Gasteiger partial charge in [0, 0.05) is 18.9 Å². The number of hydrogen-bond donors (Lipinski definition) is 1. The number of halogens is 1. The van der Waals surface area contributed by atoms with Gasteiger partial charge in [-0.1, -0.05) is 20.8 Å². The number of anilines is 1. The second-order valence-electron chi connectivity index (χ2n) is 6.32. The number of hydrogen-bond acceptors (Lipinski definition) is 4. The van der Waals surface area contributed by atoms with Crippen LogP contribution < -0.4 is 4.90 Å². The van der Waals surface area contributed by atoms with Gasteiger partial charge in [-0.3, -0.25) is 0 Å². The van der Waals surface area contributed by atoms with Crippen LogP contribution in [-0.4, -0.2) is 34.3 Å². The first-order valence-electron chi connectivity index (χ1n) is 6.77.